The lowest BCUT2D eigenvalue weighted by molar-refractivity contribution is -0.660. The number of aromatic nitrogens is 1. The van der Waals surface area contributed by atoms with Gasteiger partial charge in [-0.05, 0) is 54.7 Å². The molecular formula is C21H22N+. The molecule has 1 heterocycles. The number of pyridine rings is 1. The molecule has 3 aromatic rings. The molecule has 0 aliphatic heterocycles. The molecule has 0 bridgehead atoms. The molecular weight excluding hydrogens is 266 g/mol. The molecule has 0 aliphatic rings. The lowest BCUT2D eigenvalue weighted by Gasteiger charge is -2.12. The Hall–Kier alpha value is -2.41. The molecule has 1 heteroatoms. The summed E-state index contributed by atoms with van der Waals surface area (Å²) in [6, 6.07) is 19.6. The minimum absolute atomic E-state index is 1.26. The summed E-state index contributed by atoms with van der Waals surface area (Å²) in [6.45, 7) is 6.53. The van der Waals surface area contributed by atoms with Crippen molar-refractivity contribution in [1.29, 1.82) is 0 Å². The van der Waals surface area contributed by atoms with Gasteiger partial charge in [0.25, 0.3) is 0 Å². The van der Waals surface area contributed by atoms with E-state index in [1.54, 1.807) is 0 Å². The maximum atomic E-state index is 2.33. The largest absolute Gasteiger partial charge is 0.212 e. The molecule has 2 aromatic carbocycles. The summed E-state index contributed by atoms with van der Waals surface area (Å²) in [4.78, 5) is 0. The molecule has 22 heavy (non-hydrogen) atoms. The van der Waals surface area contributed by atoms with Crippen LogP contribution in [0.15, 0.2) is 60.8 Å². The van der Waals surface area contributed by atoms with E-state index in [4.69, 9.17) is 0 Å². The van der Waals surface area contributed by atoms with E-state index >= 15 is 0 Å². The van der Waals surface area contributed by atoms with Crippen molar-refractivity contribution < 1.29 is 4.57 Å². The molecule has 0 saturated heterocycles. The lowest BCUT2D eigenvalue weighted by atomic mass is 9.93. The first-order chi connectivity index (χ1) is 10.6. The van der Waals surface area contributed by atoms with Gasteiger partial charge in [0.05, 0.1) is 0 Å². The van der Waals surface area contributed by atoms with Crippen LogP contribution in [0.2, 0.25) is 0 Å². The Bertz CT molecular complexity index is 817. The van der Waals surface area contributed by atoms with Crippen LogP contribution in [-0.2, 0) is 7.05 Å². The lowest BCUT2D eigenvalue weighted by Crippen LogP contribution is -2.30. The van der Waals surface area contributed by atoms with Gasteiger partial charge in [0, 0.05) is 17.7 Å². The Balaban J connectivity index is 2.23. The molecule has 110 valence electrons. The van der Waals surface area contributed by atoms with Crippen LogP contribution in [0.25, 0.3) is 22.4 Å². The fraction of sp³-hybridized carbons (Fsp3) is 0.190. The van der Waals surface area contributed by atoms with Crippen LogP contribution < -0.4 is 4.57 Å². The summed E-state index contributed by atoms with van der Waals surface area (Å²) in [7, 11) is 2.11. The molecule has 0 aliphatic carbocycles. The predicted molar refractivity (Wildman–Crippen MR) is 92.7 cm³/mol. The van der Waals surface area contributed by atoms with Crippen molar-refractivity contribution in [2.45, 2.75) is 20.8 Å². The van der Waals surface area contributed by atoms with Crippen LogP contribution in [0, 0.1) is 20.8 Å². The van der Waals surface area contributed by atoms with E-state index < -0.39 is 0 Å². The van der Waals surface area contributed by atoms with Gasteiger partial charge < -0.3 is 0 Å². The first-order valence-electron chi connectivity index (χ1n) is 7.69. The quantitative estimate of drug-likeness (QED) is 0.598. The van der Waals surface area contributed by atoms with Crippen molar-refractivity contribution in [3.05, 3.63) is 77.5 Å². The molecule has 1 aromatic heterocycles. The number of nitrogens with zero attached hydrogens (tertiary/aromatic N) is 1. The first-order valence-corrected chi connectivity index (χ1v) is 7.69. The Morgan fingerprint density at radius 3 is 2.14 bits per heavy atom. The SMILES string of the molecule is Cc1cc[n+](C)c(-c2cc(-c3ccccc3)c(C)cc2C)c1. The topological polar surface area (TPSA) is 3.88 Å². The van der Waals surface area contributed by atoms with Crippen molar-refractivity contribution in [2.75, 3.05) is 0 Å². The second kappa shape index (κ2) is 5.76. The zero-order valence-corrected chi connectivity index (χ0v) is 13.7. The summed E-state index contributed by atoms with van der Waals surface area (Å²) in [5.41, 5.74) is 9.07. The van der Waals surface area contributed by atoms with Gasteiger partial charge in [0.2, 0.25) is 5.69 Å². The Morgan fingerprint density at radius 2 is 1.41 bits per heavy atom. The minimum atomic E-state index is 1.26. The number of hydrogen-bond acceptors (Lipinski definition) is 0. The average Bonchev–Trinajstić information content (AvgIpc) is 2.51. The molecule has 0 unspecified atom stereocenters. The highest BCUT2D eigenvalue weighted by Gasteiger charge is 2.15. The van der Waals surface area contributed by atoms with Crippen LogP contribution >= 0.6 is 0 Å². The van der Waals surface area contributed by atoms with Gasteiger partial charge in [-0.15, -0.1) is 0 Å². The van der Waals surface area contributed by atoms with Crippen molar-refractivity contribution in [1.82, 2.24) is 0 Å². The van der Waals surface area contributed by atoms with E-state index in [1.165, 1.54) is 39.1 Å². The van der Waals surface area contributed by atoms with Crippen LogP contribution in [0.1, 0.15) is 16.7 Å². The molecule has 0 fully saturated rings. The Kier molecular flexibility index (Phi) is 3.81. The highest BCUT2D eigenvalue weighted by molar-refractivity contribution is 5.75. The summed E-state index contributed by atoms with van der Waals surface area (Å²) >= 11 is 0. The Labute approximate surface area is 132 Å². The van der Waals surface area contributed by atoms with Gasteiger partial charge in [0.15, 0.2) is 6.20 Å². The monoisotopic (exact) mass is 288 g/mol. The molecule has 3 rings (SSSR count). The first kappa shape index (κ1) is 14.5. The van der Waals surface area contributed by atoms with E-state index in [0.717, 1.165) is 0 Å². The zero-order chi connectivity index (χ0) is 15.7. The fourth-order valence-corrected chi connectivity index (χ4v) is 3.00. The molecule has 1 nitrogen and oxygen atoms in total. The highest BCUT2D eigenvalue weighted by atomic mass is 14.9. The van der Waals surface area contributed by atoms with Gasteiger partial charge in [0.1, 0.15) is 7.05 Å². The molecule has 0 N–H and O–H groups in total. The van der Waals surface area contributed by atoms with Crippen LogP contribution in [-0.4, -0.2) is 0 Å². The van der Waals surface area contributed by atoms with Crippen molar-refractivity contribution >= 4 is 0 Å². The normalized spacial score (nSPS) is 10.7. The number of aryl methyl sites for hydroxylation is 4. The third-order valence-electron chi connectivity index (χ3n) is 4.24. The summed E-state index contributed by atoms with van der Waals surface area (Å²) in [5.74, 6) is 0. The third kappa shape index (κ3) is 2.67. The van der Waals surface area contributed by atoms with Crippen LogP contribution in [0.4, 0.5) is 0 Å². The van der Waals surface area contributed by atoms with Gasteiger partial charge >= 0.3 is 0 Å². The zero-order valence-electron chi connectivity index (χ0n) is 13.7. The van der Waals surface area contributed by atoms with Crippen molar-refractivity contribution in [3.63, 3.8) is 0 Å². The maximum absolute atomic E-state index is 2.33. The number of rotatable bonds is 2. The predicted octanol–water partition coefficient (Wildman–Crippen LogP) is 4.77. The van der Waals surface area contributed by atoms with Gasteiger partial charge in [-0.3, -0.25) is 0 Å². The van der Waals surface area contributed by atoms with E-state index in [0.29, 0.717) is 0 Å². The van der Waals surface area contributed by atoms with E-state index in [-0.39, 0.29) is 0 Å². The van der Waals surface area contributed by atoms with E-state index in [2.05, 4.69) is 93.2 Å². The standard InChI is InChI=1S/C21H22N/c1-15-10-11-22(4)21(12-15)20-14-19(16(2)13-17(20)3)18-8-6-5-7-9-18/h5-14H,1-4H3/q+1. The smallest absolute Gasteiger partial charge is 0.201 e. The molecule has 0 spiro atoms. The third-order valence-corrected chi connectivity index (χ3v) is 4.24. The average molecular weight is 288 g/mol. The van der Waals surface area contributed by atoms with E-state index in [9.17, 15) is 0 Å². The van der Waals surface area contributed by atoms with Gasteiger partial charge in [-0.1, -0.05) is 36.4 Å². The van der Waals surface area contributed by atoms with Crippen molar-refractivity contribution in [2.24, 2.45) is 7.05 Å². The fourth-order valence-electron chi connectivity index (χ4n) is 3.00. The van der Waals surface area contributed by atoms with Crippen LogP contribution in [0.5, 0.6) is 0 Å². The second-order valence-electron chi connectivity index (χ2n) is 6.05. The summed E-state index contributed by atoms with van der Waals surface area (Å²) < 4.78 is 2.19. The number of hydrogen-bond donors (Lipinski definition) is 0. The van der Waals surface area contributed by atoms with Crippen molar-refractivity contribution in [3.8, 4) is 22.4 Å². The second-order valence-corrected chi connectivity index (χ2v) is 6.05. The number of benzene rings is 2. The molecule has 0 saturated carbocycles. The summed E-state index contributed by atoms with van der Waals surface area (Å²) in [6.07, 6.45) is 2.13. The molecule has 0 amide bonds. The van der Waals surface area contributed by atoms with Crippen LogP contribution in [0.3, 0.4) is 0 Å². The van der Waals surface area contributed by atoms with Gasteiger partial charge in [-0.25, -0.2) is 4.57 Å². The Morgan fingerprint density at radius 1 is 0.727 bits per heavy atom. The maximum Gasteiger partial charge on any atom is 0.212 e. The molecule has 0 radical (unpaired) electrons. The summed E-state index contributed by atoms with van der Waals surface area (Å²) in [5, 5.41) is 0. The van der Waals surface area contributed by atoms with E-state index in [1.807, 2.05) is 0 Å². The highest BCUT2D eigenvalue weighted by Crippen LogP contribution is 2.31. The molecule has 0 atom stereocenters. The minimum Gasteiger partial charge on any atom is -0.201 e. The van der Waals surface area contributed by atoms with Gasteiger partial charge in [-0.2, -0.15) is 0 Å².